The van der Waals surface area contributed by atoms with Crippen molar-refractivity contribution in [3.05, 3.63) is 0 Å². The van der Waals surface area contributed by atoms with Crippen LogP contribution in [0, 0.1) is 0 Å². The zero-order valence-electron chi connectivity index (χ0n) is 15.4. The van der Waals surface area contributed by atoms with E-state index in [4.69, 9.17) is 4.74 Å². The maximum atomic E-state index is 11.7. The standard InChI is InChI=1S/C16H32N4O2S.HI/c1-5-22-10-7-9-17-15(18-12-14(21)20(3)4)19-13-16(2)8-6-11-23-16;/h5-13H2,1-4H3,(H2,17,18,19);1H. The molecule has 0 aliphatic carbocycles. The number of thioether (sulfide) groups is 1. The molecule has 142 valence electrons. The zero-order valence-corrected chi connectivity index (χ0v) is 18.5. The summed E-state index contributed by atoms with van der Waals surface area (Å²) in [5.41, 5.74) is 0. The van der Waals surface area contributed by atoms with Crippen molar-refractivity contribution in [2.24, 2.45) is 4.99 Å². The number of hydrogen-bond acceptors (Lipinski definition) is 4. The summed E-state index contributed by atoms with van der Waals surface area (Å²) in [4.78, 5) is 17.7. The normalized spacial score (nSPS) is 20.4. The summed E-state index contributed by atoms with van der Waals surface area (Å²) in [6.07, 6.45) is 3.41. The van der Waals surface area contributed by atoms with Gasteiger partial charge in [0.05, 0.1) is 0 Å². The fourth-order valence-corrected chi connectivity index (χ4v) is 3.48. The van der Waals surface area contributed by atoms with Crippen LogP contribution >= 0.6 is 35.7 Å². The molecule has 1 rings (SSSR count). The molecule has 8 heteroatoms. The van der Waals surface area contributed by atoms with E-state index in [0.29, 0.717) is 5.96 Å². The Morgan fingerprint density at radius 2 is 2.12 bits per heavy atom. The summed E-state index contributed by atoms with van der Waals surface area (Å²) in [5.74, 6) is 1.94. The van der Waals surface area contributed by atoms with Gasteiger partial charge in [0.2, 0.25) is 5.91 Å². The molecule has 0 saturated carbocycles. The number of rotatable bonds is 9. The summed E-state index contributed by atoms with van der Waals surface area (Å²) >= 11 is 2.01. The first-order valence-electron chi connectivity index (χ1n) is 8.41. The van der Waals surface area contributed by atoms with Crippen LogP contribution in [0.3, 0.4) is 0 Å². The first-order chi connectivity index (χ1) is 11.0. The highest BCUT2D eigenvalue weighted by molar-refractivity contribution is 14.0. The number of ether oxygens (including phenoxy) is 1. The molecular weight excluding hydrogens is 439 g/mol. The maximum Gasteiger partial charge on any atom is 0.243 e. The predicted molar refractivity (Wildman–Crippen MR) is 114 cm³/mol. The average molecular weight is 472 g/mol. The van der Waals surface area contributed by atoms with Gasteiger partial charge in [-0.3, -0.25) is 4.79 Å². The number of aliphatic imine (C=N–C) groups is 1. The Labute approximate surface area is 168 Å². The largest absolute Gasteiger partial charge is 0.382 e. The minimum atomic E-state index is 0. The van der Waals surface area contributed by atoms with Crippen LogP contribution in [0.4, 0.5) is 0 Å². The second-order valence-electron chi connectivity index (χ2n) is 6.19. The second-order valence-corrected chi connectivity index (χ2v) is 7.87. The van der Waals surface area contributed by atoms with E-state index in [0.717, 1.165) is 32.7 Å². The smallest absolute Gasteiger partial charge is 0.243 e. The fourth-order valence-electron chi connectivity index (χ4n) is 2.23. The van der Waals surface area contributed by atoms with Crippen LogP contribution in [-0.4, -0.2) is 74.2 Å². The number of likely N-dealkylation sites (N-methyl/N-ethyl adjacent to an activating group) is 1. The van der Waals surface area contributed by atoms with Gasteiger partial charge in [-0.1, -0.05) is 0 Å². The van der Waals surface area contributed by atoms with E-state index in [1.54, 1.807) is 19.0 Å². The van der Waals surface area contributed by atoms with Crippen molar-refractivity contribution >= 4 is 47.6 Å². The van der Waals surface area contributed by atoms with Gasteiger partial charge in [0, 0.05) is 45.1 Å². The molecule has 1 aliphatic rings. The van der Waals surface area contributed by atoms with Crippen molar-refractivity contribution in [3.8, 4) is 0 Å². The first-order valence-corrected chi connectivity index (χ1v) is 9.39. The molecule has 1 atom stereocenters. The minimum absolute atomic E-state index is 0. The SMILES string of the molecule is CCOCCCNC(=NCC(=O)N(C)C)NCC1(C)CCCS1.I. The third kappa shape index (κ3) is 9.93. The van der Waals surface area contributed by atoms with Gasteiger partial charge >= 0.3 is 0 Å². The number of nitrogens with one attached hydrogen (secondary N) is 2. The highest BCUT2D eigenvalue weighted by atomic mass is 127. The highest BCUT2D eigenvalue weighted by Crippen LogP contribution is 2.36. The molecule has 6 nitrogen and oxygen atoms in total. The van der Waals surface area contributed by atoms with Gasteiger partial charge in [-0.15, -0.1) is 24.0 Å². The molecule has 0 aromatic rings. The van der Waals surface area contributed by atoms with E-state index in [1.807, 2.05) is 18.7 Å². The molecule has 2 N–H and O–H groups in total. The molecule has 1 heterocycles. The van der Waals surface area contributed by atoms with Crippen LogP contribution in [-0.2, 0) is 9.53 Å². The van der Waals surface area contributed by atoms with Crippen molar-refractivity contribution in [1.82, 2.24) is 15.5 Å². The van der Waals surface area contributed by atoms with Crippen molar-refractivity contribution in [1.29, 1.82) is 0 Å². The van der Waals surface area contributed by atoms with Crippen LogP contribution < -0.4 is 10.6 Å². The second kappa shape index (κ2) is 13.0. The van der Waals surface area contributed by atoms with Gasteiger partial charge in [-0.05, 0) is 38.9 Å². The van der Waals surface area contributed by atoms with Gasteiger partial charge < -0.3 is 20.3 Å². The van der Waals surface area contributed by atoms with E-state index < -0.39 is 0 Å². The molecule has 0 radical (unpaired) electrons. The Balaban J connectivity index is 0.00000529. The van der Waals surface area contributed by atoms with Gasteiger partial charge in [-0.25, -0.2) is 4.99 Å². The van der Waals surface area contributed by atoms with Crippen molar-refractivity contribution in [3.63, 3.8) is 0 Å². The van der Waals surface area contributed by atoms with Gasteiger partial charge in [0.15, 0.2) is 5.96 Å². The molecule has 1 amide bonds. The zero-order chi connectivity index (χ0) is 17.1. The van der Waals surface area contributed by atoms with E-state index >= 15 is 0 Å². The van der Waals surface area contributed by atoms with Crippen LogP contribution in [0.25, 0.3) is 0 Å². The lowest BCUT2D eigenvalue weighted by atomic mass is 10.1. The first kappa shape index (κ1) is 23.8. The molecular formula is C16H33IN4O2S. The Morgan fingerprint density at radius 1 is 1.38 bits per heavy atom. The molecule has 1 saturated heterocycles. The number of nitrogens with zero attached hydrogens (tertiary/aromatic N) is 2. The van der Waals surface area contributed by atoms with E-state index in [9.17, 15) is 4.79 Å². The molecule has 0 spiro atoms. The number of halogens is 1. The highest BCUT2D eigenvalue weighted by Gasteiger charge is 2.29. The van der Waals surface area contributed by atoms with Crippen LogP contribution in [0.15, 0.2) is 4.99 Å². The topological polar surface area (TPSA) is 66.0 Å². The lowest BCUT2D eigenvalue weighted by Crippen LogP contribution is -2.44. The summed E-state index contributed by atoms with van der Waals surface area (Å²) in [7, 11) is 3.49. The molecule has 1 aliphatic heterocycles. The van der Waals surface area contributed by atoms with E-state index in [2.05, 4.69) is 22.5 Å². The summed E-state index contributed by atoms with van der Waals surface area (Å²) in [6.45, 7) is 7.58. The molecule has 0 bridgehead atoms. The Morgan fingerprint density at radius 3 is 2.71 bits per heavy atom. The van der Waals surface area contributed by atoms with Crippen molar-refractivity contribution in [2.75, 3.05) is 52.7 Å². The quantitative estimate of drug-likeness (QED) is 0.233. The Bertz CT molecular complexity index is 388. The average Bonchev–Trinajstić information content (AvgIpc) is 2.95. The summed E-state index contributed by atoms with van der Waals surface area (Å²) in [5, 5.41) is 6.69. The lowest BCUT2D eigenvalue weighted by Gasteiger charge is -2.24. The van der Waals surface area contributed by atoms with Crippen LogP contribution in [0.2, 0.25) is 0 Å². The molecule has 0 aromatic carbocycles. The lowest BCUT2D eigenvalue weighted by molar-refractivity contribution is -0.127. The maximum absolute atomic E-state index is 11.7. The number of carbonyl (C=O) groups excluding carboxylic acids is 1. The number of guanidine groups is 1. The number of hydrogen-bond donors (Lipinski definition) is 2. The van der Waals surface area contributed by atoms with E-state index in [-0.39, 0.29) is 41.2 Å². The Hall–Kier alpha value is -0.220. The third-order valence-corrected chi connectivity index (χ3v) is 5.30. The molecule has 24 heavy (non-hydrogen) atoms. The van der Waals surface area contributed by atoms with Gasteiger partial charge in [0.1, 0.15) is 6.54 Å². The summed E-state index contributed by atoms with van der Waals surface area (Å²) in [6, 6.07) is 0. The minimum Gasteiger partial charge on any atom is -0.382 e. The molecule has 1 fully saturated rings. The van der Waals surface area contributed by atoms with Crippen LogP contribution in [0.5, 0.6) is 0 Å². The Kier molecular flexibility index (Phi) is 12.9. The number of carbonyl (C=O) groups is 1. The van der Waals surface area contributed by atoms with Gasteiger partial charge in [0.25, 0.3) is 0 Å². The predicted octanol–water partition coefficient (Wildman–Crippen LogP) is 1.94. The van der Waals surface area contributed by atoms with Crippen molar-refractivity contribution < 1.29 is 9.53 Å². The number of amides is 1. The third-order valence-electron chi connectivity index (χ3n) is 3.76. The van der Waals surface area contributed by atoms with Crippen LogP contribution in [0.1, 0.15) is 33.1 Å². The van der Waals surface area contributed by atoms with Gasteiger partial charge in [-0.2, -0.15) is 11.8 Å². The fraction of sp³-hybridized carbons (Fsp3) is 0.875. The van der Waals surface area contributed by atoms with E-state index in [1.165, 1.54) is 18.6 Å². The van der Waals surface area contributed by atoms with Crippen molar-refractivity contribution in [2.45, 2.75) is 37.9 Å². The molecule has 0 aromatic heterocycles. The monoisotopic (exact) mass is 472 g/mol. The molecule has 1 unspecified atom stereocenters. The summed E-state index contributed by atoms with van der Waals surface area (Å²) < 4.78 is 5.60.